The predicted octanol–water partition coefficient (Wildman–Crippen LogP) is 1.35. The monoisotopic (exact) mass is 220 g/mol. The smallest absolute Gasteiger partial charge is 0.184 e. The van der Waals surface area contributed by atoms with E-state index in [9.17, 15) is 5.11 Å². The molecule has 2 aliphatic heterocycles. The van der Waals surface area contributed by atoms with Crippen LogP contribution in [0.5, 0.6) is 0 Å². The molecule has 2 bridgehead atoms. The van der Waals surface area contributed by atoms with Crippen molar-refractivity contribution >= 4 is 0 Å². The first kappa shape index (κ1) is 10.3. The van der Waals surface area contributed by atoms with Crippen LogP contribution in [0.25, 0.3) is 0 Å². The van der Waals surface area contributed by atoms with E-state index in [1.54, 1.807) is 0 Å². The van der Waals surface area contributed by atoms with Crippen LogP contribution < -0.4 is 0 Å². The van der Waals surface area contributed by atoms with Crippen molar-refractivity contribution in [1.82, 2.24) is 0 Å². The van der Waals surface area contributed by atoms with Crippen LogP contribution in [0.4, 0.5) is 0 Å². The molecular formula is C13H16O3. The van der Waals surface area contributed by atoms with Gasteiger partial charge in [0.1, 0.15) is 6.10 Å². The maximum Gasteiger partial charge on any atom is 0.184 e. The maximum atomic E-state index is 10.1. The molecule has 16 heavy (non-hydrogen) atoms. The van der Waals surface area contributed by atoms with Crippen molar-refractivity contribution in [2.45, 2.75) is 31.3 Å². The minimum Gasteiger partial charge on any atom is -0.388 e. The fraction of sp³-hybridized carbons (Fsp3) is 0.538. The van der Waals surface area contributed by atoms with Crippen LogP contribution in [-0.2, 0) is 15.9 Å². The number of hydrogen-bond acceptors (Lipinski definition) is 3. The highest BCUT2D eigenvalue weighted by Gasteiger charge is 2.42. The molecule has 2 aliphatic rings. The first-order valence-electron chi connectivity index (χ1n) is 5.82. The first-order chi connectivity index (χ1) is 7.83. The Morgan fingerprint density at radius 3 is 2.88 bits per heavy atom. The standard InChI is InChI=1S/C13H16O3/c14-12-10(6-9-4-2-1-3-5-9)7-11-8-15-13(12)16-11/h1-5,10-14H,6-8H2/t10-,11-,12-,13-/m1/s1. The van der Waals surface area contributed by atoms with Crippen molar-refractivity contribution in [2.75, 3.05) is 6.61 Å². The molecule has 4 atom stereocenters. The van der Waals surface area contributed by atoms with Crippen LogP contribution in [-0.4, -0.2) is 30.2 Å². The van der Waals surface area contributed by atoms with Crippen molar-refractivity contribution in [1.29, 1.82) is 0 Å². The summed E-state index contributed by atoms with van der Waals surface area (Å²) in [6.07, 6.45) is 1.10. The fourth-order valence-electron chi connectivity index (χ4n) is 2.59. The zero-order chi connectivity index (χ0) is 11.0. The second kappa shape index (κ2) is 4.17. The SMILES string of the molecule is O[C@@H]1[C@H](Cc2ccccc2)C[C@@H]2CO[C@@H]1O2. The van der Waals surface area contributed by atoms with E-state index in [1.807, 2.05) is 18.2 Å². The van der Waals surface area contributed by atoms with E-state index in [-0.39, 0.29) is 12.0 Å². The van der Waals surface area contributed by atoms with Gasteiger partial charge >= 0.3 is 0 Å². The van der Waals surface area contributed by atoms with Gasteiger partial charge in [0.2, 0.25) is 0 Å². The highest BCUT2D eigenvalue weighted by molar-refractivity contribution is 5.16. The zero-order valence-corrected chi connectivity index (χ0v) is 9.08. The molecule has 0 radical (unpaired) electrons. The molecule has 1 aromatic carbocycles. The fourth-order valence-corrected chi connectivity index (χ4v) is 2.59. The van der Waals surface area contributed by atoms with Crippen LogP contribution in [0.15, 0.2) is 30.3 Å². The summed E-state index contributed by atoms with van der Waals surface area (Å²) in [6.45, 7) is 0.632. The van der Waals surface area contributed by atoms with Gasteiger partial charge in [-0.1, -0.05) is 30.3 Å². The number of ether oxygens (including phenoxy) is 2. The Balaban J connectivity index is 1.71. The molecule has 0 amide bonds. The molecule has 3 heteroatoms. The minimum absolute atomic E-state index is 0.183. The predicted molar refractivity (Wildman–Crippen MR) is 58.9 cm³/mol. The van der Waals surface area contributed by atoms with Crippen LogP contribution in [0.3, 0.4) is 0 Å². The van der Waals surface area contributed by atoms with E-state index in [1.165, 1.54) is 5.56 Å². The largest absolute Gasteiger partial charge is 0.388 e. The maximum absolute atomic E-state index is 10.1. The molecule has 2 heterocycles. The lowest BCUT2D eigenvalue weighted by molar-refractivity contribution is -0.174. The summed E-state index contributed by atoms with van der Waals surface area (Å²) in [6, 6.07) is 10.3. The first-order valence-corrected chi connectivity index (χ1v) is 5.82. The topological polar surface area (TPSA) is 38.7 Å². The summed E-state index contributed by atoms with van der Waals surface area (Å²) in [7, 11) is 0. The van der Waals surface area contributed by atoms with Crippen LogP contribution in [0.2, 0.25) is 0 Å². The molecular weight excluding hydrogens is 204 g/mol. The lowest BCUT2D eigenvalue weighted by atomic mass is 9.87. The molecule has 2 fully saturated rings. The Morgan fingerprint density at radius 2 is 2.06 bits per heavy atom. The van der Waals surface area contributed by atoms with Gasteiger partial charge in [0, 0.05) is 0 Å². The quantitative estimate of drug-likeness (QED) is 0.817. The van der Waals surface area contributed by atoms with Crippen molar-refractivity contribution in [2.24, 2.45) is 5.92 Å². The number of hydrogen-bond donors (Lipinski definition) is 1. The summed E-state index contributed by atoms with van der Waals surface area (Å²) in [5.74, 6) is 0.258. The van der Waals surface area contributed by atoms with E-state index in [4.69, 9.17) is 9.47 Å². The van der Waals surface area contributed by atoms with Gasteiger partial charge in [-0.05, 0) is 24.3 Å². The third-order valence-electron chi connectivity index (χ3n) is 3.44. The Hall–Kier alpha value is -0.900. The summed E-state index contributed by atoms with van der Waals surface area (Å²) < 4.78 is 10.9. The summed E-state index contributed by atoms with van der Waals surface area (Å²) in [4.78, 5) is 0. The average Bonchev–Trinajstić information content (AvgIpc) is 2.72. The molecule has 0 spiro atoms. The highest BCUT2D eigenvalue weighted by atomic mass is 16.7. The normalized spacial score (nSPS) is 37.6. The van der Waals surface area contributed by atoms with E-state index >= 15 is 0 Å². The third-order valence-corrected chi connectivity index (χ3v) is 3.44. The minimum atomic E-state index is -0.487. The van der Waals surface area contributed by atoms with Gasteiger partial charge in [-0.3, -0.25) is 0 Å². The van der Waals surface area contributed by atoms with Crippen LogP contribution in [0, 0.1) is 5.92 Å². The van der Waals surface area contributed by atoms with E-state index in [0.717, 1.165) is 12.8 Å². The summed E-state index contributed by atoms with van der Waals surface area (Å²) >= 11 is 0. The Bertz CT molecular complexity index is 351. The van der Waals surface area contributed by atoms with Gasteiger partial charge in [0.25, 0.3) is 0 Å². The molecule has 2 saturated heterocycles. The number of aliphatic hydroxyl groups excluding tert-OH is 1. The lowest BCUT2D eigenvalue weighted by Crippen LogP contribution is -2.41. The number of benzene rings is 1. The van der Waals surface area contributed by atoms with Crippen LogP contribution >= 0.6 is 0 Å². The highest BCUT2D eigenvalue weighted by Crippen LogP contribution is 2.33. The van der Waals surface area contributed by atoms with Crippen LogP contribution in [0.1, 0.15) is 12.0 Å². The van der Waals surface area contributed by atoms with Gasteiger partial charge in [-0.15, -0.1) is 0 Å². The second-order valence-electron chi connectivity index (χ2n) is 4.64. The van der Waals surface area contributed by atoms with Crippen molar-refractivity contribution in [3.8, 4) is 0 Å². The lowest BCUT2D eigenvalue weighted by Gasteiger charge is -2.31. The number of rotatable bonds is 2. The molecule has 86 valence electrons. The average molecular weight is 220 g/mol. The molecule has 1 N–H and O–H groups in total. The molecule has 1 aromatic rings. The summed E-state index contributed by atoms with van der Waals surface area (Å²) in [5, 5.41) is 10.1. The molecule has 3 rings (SSSR count). The molecule has 0 aromatic heterocycles. The Labute approximate surface area is 95.0 Å². The van der Waals surface area contributed by atoms with E-state index < -0.39 is 12.4 Å². The molecule has 0 aliphatic carbocycles. The van der Waals surface area contributed by atoms with Crippen molar-refractivity contribution < 1.29 is 14.6 Å². The van der Waals surface area contributed by atoms with Crippen molar-refractivity contribution in [3.63, 3.8) is 0 Å². The third kappa shape index (κ3) is 1.86. The van der Waals surface area contributed by atoms with Gasteiger partial charge in [0.05, 0.1) is 12.7 Å². The van der Waals surface area contributed by atoms with Gasteiger partial charge < -0.3 is 14.6 Å². The van der Waals surface area contributed by atoms with Gasteiger partial charge in [-0.2, -0.15) is 0 Å². The molecule has 0 saturated carbocycles. The second-order valence-corrected chi connectivity index (χ2v) is 4.64. The van der Waals surface area contributed by atoms with E-state index in [0.29, 0.717) is 6.61 Å². The number of fused-ring (bicyclic) bond motifs is 2. The Morgan fingerprint density at radius 1 is 1.25 bits per heavy atom. The zero-order valence-electron chi connectivity index (χ0n) is 9.08. The van der Waals surface area contributed by atoms with Gasteiger partial charge in [0.15, 0.2) is 6.29 Å². The summed E-state index contributed by atoms with van der Waals surface area (Å²) in [5.41, 5.74) is 1.27. The van der Waals surface area contributed by atoms with Crippen molar-refractivity contribution in [3.05, 3.63) is 35.9 Å². The number of aliphatic hydroxyl groups is 1. The molecule has 0 unspecified atom stereocenters. The van der Waals surface area contributed by atoms with Gasteiger partial charge in [-0.25, -0.2) is 0 Å². The van der Waals surface area contributed by atoms with E-state index in [2.05, 4.69) is 12.1 Å². The molecule has 3 nitrogen and oxygen atoms in total. The Kier molecular flexibility index (Phi) is 2.67.